The molecule has 1 fully saturated rings. The van der Waals surface area contributed by atoms with E-state index in [1.165, 1.54) is 25.2 Å². The lowest BCUT2D eigenvalue weighted by molar-refractivity contribution is 0.399. The first-order valence-corrected chi connectivity index (χ1v) is 4.55. The molecule has 2 heterocycles. The minimum Gasteiger partial charge on any atom is -0.371 e. The summed E-state index contributed by atoms with van der Waals surface area (Å²) in [4.78, 5) is 6.40. The lowest BCUT2D eigenvalue weighted by atomic mass is 9.97. The van der Waals surface area contributed by atoms with Crippen LogP contribution in [0.3, 0.4) is 0 Å². The minimum absolute atomic E-state index is 0.915. The molecule has 2 nitrogen and oxygen atoms in total. The minimum atomic E-state index is 0.915. The van der Waals surface area contributed by atoms with Crippen LogP contribution in [0.5, 0.6) is 0 Å². The fraction of sp³-hybridized carbons (Fsp3) is 0.500. The second kappa shape index (κ2) is 3.13. The Morgan fingerprint density at radius 3 is 2.67 bits per heavy atom. The van der Waals surface area contributed by atoms with Gasteiger partial charge in [-0.05, 0) is 24.5 Å². The van der Waals surface area contributed by atoms with Crippen LogP contribution < -0.4 is 4.90 Å². The van der Waals surface area contributed by atoms with Gasteiger partial charge in [-0.3, -0.25) is 4.98 Å². The third-order valence-corrected chi connectivity index (χ3v) is 2.56. The molecular formula is C10H14N2. The van der Waals surface area contributed by atoms with Gasteiger partial charge in [-0.2, -0.15) is 0 Å². The number of anilines is 1. The summed E-state index contributed by atoms with van der Waals surface area (Å²) in [7, 11) is 0. The van der Waals surface area contributed by atoms with Gasteiger partial charge in [-0.25, -0.2) is 0 Å². The molecule has 1 aromatic rings. The maximum Gasteiger partial charge on any atom is 0.0397 e. The maximum absolute atomic E-state index is 4.00. The van der Waals surface area contributed by atoms with Crippen molar-refractivity contribution < 1.29 is 0 Å². The number of hydrogen-bond donors (Lipinski definition) is 0. The Bertz CT molecular complexity index is 239. The molecule has 0 N–H and O–H groups in total. The van der Waals surface area contributed by atoms with E-state index in [0.717, 1.165) is 5.92 Å². The zero-order valence-electron chi connectivity index (χ0n) is 7.40. The first-order valence-electron chi connectivity index (χ1n) is 4.55. The Kier molecular flexibility index (Phi) is 1.98. The highest BCUT2D eigenvalue weighted by Crippen LogP contribution is 2.25. The van der Waals surface area contributed by atoms with Crippen LogP contribution in [0.2, 0.25) is 0 Å². The summed E-state index contributed by atoms with van der Waals surface area (Å²) in [5.74, 6) is 0.915. The summed E-state index contributed by atoms with van der Waals surface area (Å²) >= 11 is 0. The zero-order chi connectivity index (χ0) is 8.39. The third kappa shape index (κ3) is 1.29. The van der Waals surface area contributed by atoms with Crippen LogP contribution in [0.15, 0.2) is 24.5 Å². The van der Waals surface area contributed by atoms with Gasteiger partial charge in [-0.1, -0.05) is 6.92 Å². The van der Waals surface area contributed by atoms with Crippen LogP contribution in [-0.4, -0.2) is 18.1 Å². The van der Waals surface area contributed by atoms with Gasteiger partial charge in [0.25, 0.3) is 0 Å². The molecule has 0 aliphatic carbocycles. The first kappa shape index (κ1) is 7.59. The molecule has 0 amide bonds. The summed E-state index contributed by atoms with van der Waals surface area (Å²) in [5.41, 5.74) is 1.31. The SMILES string of the molecule is CCC1CN(c2ccncc2)C1. The van der Waals surface area contributed by atoms with Gasteiger partial charge in [0.05, 0.1) is 0 Å². The normalized spacial score (nSPS) is 17.6. The average molecular weight is 162 g/mol. The quantitative estimate of drug-likeness (QED) is 0.660. The van der Waals surface area contributed by atoms with E-state index in [9.17, 15) is 0 Å². The topological polar surface area (TPSA) is 16.1 Å². The van der Waals surface area contributed by atoms with Crippen molar-refractivity contribution >= 4 is 5.69 Å². The zero-order valence-corrected chi connectivity index (χ0v) is 7.40. The summed E-state index contributed by atoms with van der Waals surface area (Å²) in [5, 5.41) is 0. The van der Waals surface area contributed by atoms with E-state index in [-0.39, 0.29) is 0 Å². The molecule has 2 rings (SSSR count). The average Bonchev–Trinajstić information content (AvgIpc) is 2.04. The Morgan fingerprint density at radius 1 is 1.42 bits per heavy atom. The van der Waals surface area contributed by atoms with E-state index in [1.54, 1.807) is 0 Å². The van der Waals surface area contributed by atoms with Crippen molar-refractivity contribution in [2.24, 2.45) is 5.92 Å². The second-order valence-corrected chi connectivity index (χ2v) is 3.38. The number of aromatic nitrogens is 1. The van der Waals surface area contributed by atoms with E-state index >= 15 is 0 Å². The molecule has 0 aromatic carbocycles. The van der Waals surface area contributed by atoms with Crippen LogP contribution >= 0.6 is 0 Å². The van der Waals surface area contributed by atoms with Crippen molar-refractivity contribution in [3.8, 4) is 0 Å². The van der Waals surface area contributed by atoms with E-state index in [4.69, 9.17) is 0 Å². The van der Waals surface area contributed by atoms with Crippen molar-refractivity contribution in [3.05, 3.63) is 24.5 Å². The third-order valence-electron chi connectivity index (χ3n) is 2.56. The highest BCUT2D eigenvalue weighted by molar-refractivity contribution is 5.47. The number of rotatable bonds is 2. The van der Waals surface area contributed by atoms with Gasteiger partial charge >= 0.3 is 0 Å². The summed E-state index contributed by atoms with van der Waals surface area (Å²) in [6.45, 7) is 4.70. The van der Waals surface area contributed by atoms with E-state index in [0.29, 0.717) is 0 Å². The van der Waals surface area contributed by atoms with Gasteiger partial charge in [0.1, 0.15) is 0 Å². The first-order chi connectivity index (χ1) is 5.90. The lowest BCUT2D eigenvalue weighted by Gasteiger charge is -2.40. The van der Waals surface area contributed by atoms with Crippen molar-refractivity contribution in [1.29, 1.82) is 0 Å². The number of hydrogen-bond acceptors (Lipinski definition) is 2. The van der Waals surface area contributed by atoms with Crippen molar-refractivity contribution in [2.75, 3.05) is 18.0 Å². The van der Waals surface area contributed by atoms with Gasteiger partial charge in [-0.15, -0.1) is 0 Å². The molecule has 12 heavy (non-hydrogen) atoms. The molecule has 0 atom stereocenters. The van der Waals surface area contributed by atoms with Crippen LogP contribution in [0.1, 0.15) is 13.3 Å². The lowest BCUT2D eigenvalue weighted by Crippen LogP contribution is -2.46. The molecule has 0 saturated carbocycles. The van der Waals surface area contributed by atoms with Crippen LogP contribution in [-0.2, 0) is 0 Å². The van der Waals surface area contributed by atoms with Gasteiger partial charge in [0, 0.05) is 31.2 Å². The van der Waals surface area contributed by atoms with E-state index in [1.807, 2.05) is 12.4 Å². The predicted octanol–water partition coefficient (Wildman–Crippen LogP) is 1.93. The standard InChI is InChI=1S/C10H14N2/c1-2-9-7-12(8-9)10-3-5-11-6-4-10/h3-6,9H,2,7-8H2,1H3. The van der Waals surface area contributed by atoms with Crippen molar-refractivity contribution in [2.45, 2.75) is 13.3 Å². The highest BCUT2D eigenvalue weighted by atomic mass is 15.2. The Morgan fingerprint density at radius 2 is 2.08 bits per heavy atom. The van der Waals surface area contributed by atoms with E-state index < -0.39 is 0 Å². The van der Waals surface area contributed by atoms with Gasteiger partial charge < -0.3 is 4.90 Å². The molecule has 1 aliphatic heterocycles. The molecule has 0 spiro atoms. The Hall–Kier alpha value is -1.05. The fourth-order valence-corrected chi connectivity index (χ4v) is 1.59. The Labute approximate surface area is 73.2 Å². The summed E-state index contributed by atoms with van der Waals surface area (Å²) in [6.07, 6.45) is 5.02. The molecule has 1 saturated heterocycles. The van der Waals surface area contributed by atoms with Crippen LogP contribution in [0.25, 0.3) is 0 Å². The molecule has 0 unspecified atom stereocenters. The van der Waals surface area contributed by atoms with Crippen LogP contribution in [0.4, 0.5) is 5.69 Å². The maximum atomic E-state index is 4.00. The smallest absolute Gasteiger partial charge is 0.0397 e. The molecule has 1 aliphatic rings. The monoisotopic (exact) mass is 162 g/mol. The van der Waals surface area contributed by atoms with Gasteiger partial charge in [0.15, 0.2) is 0 Å². The second-order valence-electron chi connectivity index (χ2n) is 3.38. The largest absolute Gasteiger partial charge is 0.371 e. The number of nitrogens with zero attached hydrogens (tertiary/aromatic N) is 2. The van der Waals surface area contributed by atoms with Crippen molar-refractivity contribution in [3.63, 3.8) is 0 Å². The number of pyridine rings is 1. The molecule has 0 radical (unpaired) electrons. The highest BCUT2D eigenvalue weighted by Gasteiger charge is 2.24. The molecule has 2 heteroatoms. The predicted molar refractivity (Wildman–Crippen MR) is 50.2 cm³/mol. The molecule has 0 bridgehead atoms. The molecule has 64 valence electrons. The van der Waals surface area contributed by atoms with Crippen molar-refractivity contribution in [1.82, 2.24) is 4.98 Å². The van der Waals surface area contributed by atoms with Gasteiger partial charge in [0.2, 0.25) is 0 Å². The molecule has 1 aromatic heterocycles. The summed E-state index contributed by atoms with van der Waals surface area (Å²) in [6, 6.07) is 4.15. The van der Waals surface area contributed by atoms with Crippen LogP contribution in [0, 0.1) is 5.92 Å². The molecular weight excluding hydrogens is 148 g/mol. The fourth-order valence-electron chi connectivity index (χ4n) is 1.59. The summed E-state index contributed by atoms with van der Waals surface area (Å²) < 4.78 is 0. The Balaban J connectivity index is 1.97. The van der Waals surface area contributed by atoms with E-state index in [2.05, 4.69) is 28.9 Å².